The third kappa shape index (κ3) is 5.19. The summed E-state index contributed by atoms with van der Waals surface area (Å²) in [7, 11) is 1.65. The fourth-order valence-corrected chi connectivity index (χ4v) is 2.92. The van der Waals surface area contributed by atoms with Gasteiger partial charge < -0.3 is 19.3 Å². The smallest absolute Gasteiger partial charge is 0.161 e. The monoisotopic (exact) mass is 343 g/mol. The first-order valence-corrected chi connectivity index (χ1v) is 8.56. The Bertz CT molecular complexity index is 662. The number of rotatable bonds is 6. The average Bonchev–Trinajstić information content (AvgIpc) is 2.85. The molecule has 0 spiro atoms. The number of hydrogen-bond donors (Lipinski definition) is 1. The van der Waals surface area contributed by atoms with Crippen LogP contribution in [0.15, 0.2) is 48.5 Å². The van der Waals surface area contributed by atoms with Crippen molar-refractivity contribution in [3.63, 3.8) is 0 Å². The Balaban J connectivity index is 1.64. The van der Waals surface area contributed by atoms with Crippen molar-refractivity contribution in [3.8, 4) is 11.5 Å². The second-order valence-electron chi connectivity index (χ2n) is 6.22. The van der Waals surface area contributed by atoms with Gasteiger partial charge in [0.15, 0.2) is 11.5 Å². The Morgan fingerprint density at radius 1 is 1.12 bits per heavy atom. The predicted octanol–water partition coefficient (Wildman–Crippen LogP) is 2.47. The van der Waals surface area contributed by atoms with Crippen LogP contribution in [0.1, 0.15) is 11.1 Å². The van der Waals surface area contributed by atoms with Crippen molar-refractivity contribution in [2.24, 2.45) is 0 Å². The first-order chi connectivity index (χ1) is 12.2. The molecule has 134 valence electrons. The Labute approximate surface area is 148 Å². The SMILES string of the molecule is COc1cc(CN2CCOC[C@@H](O)C2)ccc1OCc1ccccc1. The van der Waals surface area contributed by atoms with Crippen LogP contribution in [0.4, 0.5) is 0 Å². The van der Waals surface area contributed by atoms with Crippen LogP contribution in [0.5, 0.6) is 11.5 Å². The van der Waals surface area contributed by atoms with Crippen molar-refractivity contribution < 1.29 is 19.3 Å². The van der Waals surface area contributed by atoms with Gasteiger partial charge in [-0.1, -0.05) is 36.4 Å². The van der Waals surface area contributed by atoms with Crippen LogP contribution < -0.4 is 9.47 Å². The summed E-state index contributed by atoms with van der Waals surface area (Å²) < 4.78 is 16.8. The number of ether oxygens (including phenoxy) is 3. The van der Waals surface area contributed by atoms with Gasteiger partial charge in [-0.05, 0) is 23.3 Å². The first kappa shape index (κ1) is 17.7. The van der Waals surface area contributed by atoms with Gasteiger partial charge in [0, 0.05) is 19.6 Å². The average molecular weight is 343 g/mol. The van der Waals surface area contributed by atoms with E-state index in [2.05, 4.69) is 4.90 Å². The maximum Gasteiger partial charge on any atom is 0.161 e. The molecule has 1 aliphatic heterocycles. The Morgan fingerprint density at radius 3 is 2.76 bits per heavy atom. The minimum atomic E-state index is -0.433. The van der Waals surface area contributed by atoms with Crippen molar-refractivity contribution in [1.29, 1.82) is 0 Å². The highest BCUT2D eigenvalue weighted by molar-refractivity contribution is 5.43. The number of β-amino-alcohol motifs (C(OH)–C–C–N with tert-alkyl or cyclic N) is 1. The van der Waals surface area contributed by atoms with Crippen LogP contribution in [0.2, 0.25) is 0 Å². The van der Waals surface area contributed by atoms with Gasteiger partial charge >= 0.3 is 0 Å². The molecule has 0 radical (unpaired) electrons. The summed E-state index contributed by atoms with van der Waals surface area (Å²) in [6.45, 7) is 3.74. The lowest BCUT2D eigenvalue weighted by Crippen LogP contribution is -2.32. The van der Waals surface area contributed by atoms with E-state index in [0.29, 0.717) is 26.4 Å². The van der Waals surface area contributed by atoms with Crippen LogP contribution in [0.25, 0.3) is 0 Å². The third-order valence-electron chi connectivity index (χ3n) is 4.20. The van der Waals surface area contributed by atoms with E-state index in [-0.39, 0.29) is 0 Å². The summed E-state index contributed by atoms with van der Waals surface area (Å²) in [6.07, 6.45) is -0.433. The molecular weight excluding hydrogens is 318 g/mol. The maximum atomic E-state index is 9.85. The summed E-state index contributed by atoms with van der Waals surface area (Å²) in [4.78, 5) is 2.19. The number of aliphatic hydroxyl groups excluding tert-OH is 1. The van der Waals surface area contributed by atoms with Gasteiger partial charge in [0.25, 0.3) is 0 Å². The Morgan fingerprint density at radius 2 is 1.96 bits per heavy atom. The number of methoxy groups -OCH3 is 1. The molecule has 1 aliphatic rings. The fraction of sp³-hybridized carbons (Fsp3) is 0.400. The van der Waals surface area contributed by atoms with Crippen LogP contribution in [0.3, 0.4) is 0 Å². The zero-order chi connectivity index (χ0) is 17.5. The first-order valence-electron chi connectivity index (χ1n) is 8.56. The molecule has 0 unspecified atom stereocenters. The normalized spacial score (nSPS) is 18.6. The fourth-order valence-electron chi connectivity index (χ4n) is 2.92. The molecule has 0 bridgehead atoms. The molecule has 25 heavy (non-hydrogen) atoms. The Kier molecular flexibility index (Phi) is 6.28. The standard InChI is InChI=1S/C20H25NO4/c1-23-20-11-17(12-21-9-10-24-15-18(22)13-21)7-8-19(20)25-14-16-5-3-2-4-6-16/h2-8,11,18,22H,9-10,12-15H2,1H3/t18-/m0/s1. The molecule has 1 heterocycles. The summed E-state index contributed by atoms with van der Waals surface area (Å²) in [5, 5.41) is 9.85. The molecular formula is C20H25NO4. The van der Waals surface area contributed by atoms with E-state index < -0.39 is 6.10 Å². The van der Waals surface area contributed by atoms with Crippen LogP contribution >= 0.6 is 0 Å². The van der Waals surface area contributed by atoms with Gasteiger partial charge in [0.2, 0.25) is 0 Å². The molecule has 5 heteroatoms. The minimum Gasteiger partial charge on any atom is -0.493 e. The Hall–Kier alpha value is -2.08. The largest absolute Gasteiger partial charge is 0.493 e. The minimum absolute atomic E-state index is 0.409. The van der Waals surface area contributed by atoms with Gasteiger partial charge in [0.05, 0.1) is 26.4 Å². The van der Waals surface area contributed by atoms with Crippen molar-refractivity contribution in [1.82, 2.24) is 4.90 Å². The van der Waals surface area contributed by atoms with Crippen molar-refractivity contribution >= 4 is 0 Å². The second kappa shape index (κ2) is 8.85. The predicted molar refractivity (Wildman–Crippen MR) is 95.9 cm³/mol. The van der Waals surface area contributed by atoms with E-state index in [1.165, 1.54) is 0 Å². The molecule has 0 aromatic heterocycles. The molecule has 3 rings (SSSR count). The van der Waals surface area contributed by atoms with Gasteiger partial charge in [0.1, 0.15) is 6.61 Å². The van der Waals surface area contributed by atoms with E-state index in [0.717, 1.165) is 35.7 Å². The summed E-state index contributed by atoms with van der Waals surface area (Å²) in [5.74, 6) is 1.45. The highest BCUT2D eigenvalue weighted by atomic mass is 16.5. The molecule has 1 atom stereocenters. The van der Waals surface area contributed by atoms with Crippen LogP contribution in [-0.4, -0.2) is 49.5 Å². The lowest BCUT2D eigenvalue weighted by molar-refractivity contribution is 0.0562. The van der Waals surface area contributed by atoms with Crippen molar-refractivity contribution in [3.05, 3.63) is 59.7 Å². The third-order valence-corrected chi connectivity index (χ3v) is 4.20. The highest BCUT2D eigenvalue weighted by Crippen LogP contribution is 2.29. The lowest BCUT2D eigenvalue weighted by Gasteiger charge is -2.21. The van der Waals surface area contributed by atoms with Gasteiger partial charge in [-0.3, -0.25) is 4.90 Å². The summed E-state index contributed by atoms with van der Waals surface area (Å²) in [6, 6.07) is 16.0. The maximum absolute atomic E-state index is 9.85. The van der Waals surface area contributed by atoms with Crippen LogP contribution in [0, 0.1) is 0 Å². The van der Waals surface area contributed by atoms with Crippen molar-refractivity contribution in [2.45, 2.75) is 19.3 Å². The van der Waals surface area contributed by atoms with E-state index >= 15 is 0 Å². The van der Waals surface area contributed by atoms with Crippen molar-refractivity contribution in [2.75, 3.05) is 33.4 Å². The second-order valence-corrected chi connectivity index (χ2v) is 6.22. The number of hydrogen-bond acceptors (Lipinski definition) is 5. The van der Waals surface area contributed by atoms with Crippen LogP contribution in [-0.2, 0) is 17.9 Å². The molecule has 1 saturated heterocycles. The summed E-state index contributed by atoms with van der Waals surface area (Å²) in [5.41, 5.74) is 2.24. The van der Waals surface area contributed by atoms with E-state index in [9.17, 15) is 5.11 Å². The molecule has 0 saturated carbocycles. The van der Waals surface area contributed by atoms with Gasteiger partial charge in [-0.2, -0.15) is 0 Å². The highest BCUT2D eigenvalue weighted by Gasteiger charge is 2.17. The van der Waals surface area contributed by atoms with E-state index in [1.807, 2.05) is 48.5 Å². The zero-order valence-electron chi connectivity index (χ0n) is 14.6. The molecule has 0 amide bonds. The van der Waals surface area contributed by atoms with Gasteiger partial charge in [-0.25, -0.2) is 0 Å². The number of benzene rings is 2. The number of aliphatic hydroxyl groups is 1. The lowest BCUT2D eigenvalue weighted by atomic mass is 10.1. The molecule has 1 fully saturated rings. The quantitative estimate of drug-likeness (QED) is 0.873. The van der Waals surface area contributed by atoms with Gasteiger partial charge in [-0.15, -0.1) is 0 Å². The molecule has 2 aromatic rings. The molecule has 1 N–H and O–H groups in total. The van der Waals surface area contributed by atoms with E-state index in [4.69, 9.17) is 14.2 Å². The molecule has 0 aliphatic carbocycles. The molecule has 2 aromatic carbocycles. The van der Waals surface area contributed by atoms with E-state index in [1.54, 1.807) is 7.11 Å². The molecule has 5 nitrogen and oxygen atoms in total. The zero-order valence-corrected chi connectivity index (χ0v) is 14.6. The number of nitrogens with zero attached hydrogens (tertiary/aromatic N) is 1. The topological polar surface area (TPSA) is 51.2 Å². The summed E-state index contributed by atoms with van der Waals surface area (Å²) >= 11 is 0.